The molecule has 2 nitrogen and oxygen atoms in total. The molecule has 2 rings (SSSR count). The van der Waals surface area contributed by atoms with Gasteiger partial charge in [-0.25, -0.2) is 0 Å². The molecule has 0 atom stereocenters. The van der Waals surface area contributed by atoms with Gasteiger partial charge in [0.05, 0.1) is 19.8 Å². The first kappa shape index (κ1) is 7.56. The van der Waals surface area contributed by atoms with E-state index < -0.39 is 0 Å². The van der Waals surface area contributed by atoms with E-state index in [0.29, 0.717) is 6.61 Å². The number of hydrogen-bond acceptors (Lipinski definition) is 2. The van der Waals surface area contributed by atoms with Crippen molar-refractivity contribution < 1.29 is 9.84 Å². The Kier molecular flexibility index (Phi) is 1.90. The summed E-state index contributed by atoms with van der Waals surface area (Å²) in [6, 6.07) is 0. The molecule has 2 aliphatic rings. The van der Waals surface area contributed by atoms with E-state index >= 15 is 0 Å². The maximum Gasteiger partial charge on any atom is 0.0567 e. The molecule has 2 fully saturated rings. The van der Waals surface area contributed by atoms with Crippen molar-refractivity contribution in [1.29, 1.82) is 0 Å². The first-order valence-corrected chi connectivity index (χ1v) is 4.53. The van der Waals surface area contributed by atoms with E-state index in [2.05, 4.69) is 0 Å². The number of aliphatic hydroxyl groups excluding tert-OH is 1. The monoisotopic (exact) mass is 156 g/mol. The van der Waals surface area contributed by atoms with Gasteiger partial charge in [-0.2, -0.15) is 0 Å². The molecule has 1 aliphatic carbocycles. The van der Waals surface area contributed by atoms with Crippen LogP contribution in [0.1, 0.15) is 25.7 Å². The van der Waals surface area contributed by atoms with E-state index in [1.165, 1.54) is 25.7 Å². The normalized spacial score (nSPS) is 29.2. The van der Waals surface area contributed by atoms with E-state index in [-0.39, 0.29) is 5.41 Å². The molecule has 0 aromatic rings. The molecule has 1 N–H and O–H groups in total. The Morgan fingerprint density at radius 1 is 1.36 bits per heavy atom. The molecule has 1 heterocycles. The summed E-state index contributed by atoms with van der Waals surface area (Å²) in [5.74, 6) is 0.894. The van der Waals surface area contributed by atoms with Gasteiger partial charge in [-0.1, -0.05) is 19.3 Å². The van der Waals surface area contributed by atoms with Crippen molar-refractivity contribution in [2.75, 3.05) is 19.8 Å². The first-order valence-electron chi connectivity index (χ1n) is 4.53. The summed E-state index contributed by atoms with van der Waals surface area (Å²) in [6.45, 7) is 1.91. The molecule has 0 spiro atoms. The van der Waals surface area contributed by atoms with E-state index in [0.717, 1.165) is 19.1 Å². The number of rotatable bonds is 3. The molecule has 11 heavy (non-hydrogen) atoms. The SMILES string of the molecule is OCC1(CC2CCC2)COC1. The van der Waals surface area contributed by atoms with Gasteiger partial charge in [-0.3, -0.25) is 0 Å². The third-order valence-electron chi connectivity index (χ3n) is 3.10. The van der Waals surface area contributed by atoms with Gasteiger partial charge >= 0.3 is 0 Å². The second-order valence-corrected chi connectivity index (χ2v) is 4.15. The van der Waals surface area contributed by atoms with Crippen LogP contribution in [0.5, 0.6) is 0 Å². The maximum atomic E-state index is 9.13. The maximum absolute atomic E-state index is 9.13. The summed E-state index contributed by atoms with van der Waals surface area (Å²) in [5.41, 5.74) is 0.172. The zero-order valence-electron chi connectivity index (χ0n) is 6.88. The largest absolute Gasteiger partial charge is 0.396 e. The van der Waals surface area contributed by atoms with Crippen LogP contribution >= 0.6 is 0 Å². The van der Waals surface area contributed by atoms with Crippen LogP contribution in [0.3, 0.4) is 0 Å². The van der Waals surface area contributed by atoms with Gasteiger partial charge in [-0.05, 0) is 12.3 Å². The van der Waals surface area contributed by atoms with Crippen LogP contribution in [-0.2, 0) is 4.74 Å². The zero-order valence-corrected chi connectivity index (χ0v) is 6.88. The Hall–Kier alpha value is -0.0800. The molecule has 1 saturated carbocycles. The standard InChI is InChI=1S/C9H16O2/c10-5-9(6-11-7-9)4-8-2-1-3-8/h8,10H,1-7H2. The number of ether oxygens (including phenoxy) is 1. The van der Waals surface area contributed by atoms with Crippen molar-refractivity contribution in [3.8, 4) is 0 Å². The lowest BCUT2D eigenvalue weighted by Crippen LogP contribution is -2.47. The topological polar surface area (TPSA) is 29.5 Å². The van der Waals surface area contributed by atoms with Crippen LogP contribution in [0, 0.1) is 11.3 Å². The highest BCUT2D eigenvalue weighted by Gasteiger charge is 2.40. The average Bonchev–Trinajstić information content (AvgIpc) is 1.83. The minimum Gasteiger partial charge on any atom is -0.396 e. The van der Waals surface area contributed by atoms with Crippen molar-refractivity contribution in [2.45, 2.75) is 25.7 Å². The van der Waals surface area contributed by atoms with E-state index in [1.807, 2.05) is 0 Å². The lowest BCUT2D eigenvalue weighted by atomic mass is 9.71. The Bertz CT molecular complexity index is 131. The van der Waals surface area contributed by atoms with Gasteiger partial charge < -0.3 is 9.84 Å². The lowest BCUT2D eigenvalue weighted by Gasteiger charge is -2.44. The van der Waals surface area contributed by atoms with Crippen molar-refractivity contribution in [1.82, 2.24) is 0 Å². The van der Waals surface area contributed by atoms with Gasteiger partial charge in [-0.15, -0.1) is 0 Å². The molecule has 2 heteroatoms. The van der Waals surface area contributed by atoms with Crippen LogP contribution in [0.25, 0.3) is 0 Å². The predicted octanol–water partition coefficient (Wildman–Crippen LogP) is 1.19. The molecular weight excluding hydrogens is 140 g/mol. The Morgan fingerprint density at radius 3 is 2.36 bits per heavy atom. The quantitative estimate of drug-likeness (QED) is 0.665. The predicted molar refractivity (Wildman–Crippen MR) is 42.3 cm³/mol. The molecule has 0 unspecified atom stereocenters. The highest BCUT2D eigenvalue weighted by molar-refractivity contribution is 4.89. The van der Waals surface area contributed by atoms with Crippen molar-refractivity contribution in [2.24, 2.45) is 11.3 Å². The van der Waals surface area contributed by atoms with Crippen LogP contribution in [-0.4, -0.2) is 24.9 Å². The summed E-state index contributed by atoms with van der Waals surface area (Å²) in [5, 5.41) is 9.13. The first-order chi connectivity index (χ1) is 5.35. The highest BCUT2D eigenvalue weighted by Crippen LogP contribution is 2.41. The second-order valence-electron chi connectivity index (χ2n) is 4.15. The fourth-order valence-corrected chi connectivity index (χ4v) is 1.97. The number of hydrogen-bond donors (Lipinski definition) is 1. The third-order valence-corrected chi connectivity index (χ3v) is 3.10. The minimum absolute atomic E-state index is 0.172. The highest BCUT2D eigenvalue weighted by atomic mass is 16.5. The van der Waals surface area contributed by atoms with Crippen molar-refractivity contribution in [3.63, 3.8) is 0 Å². The van der Waals surface area contributed by atoms with Gasteiger partial charge in [0.15, 0.2) is 0 Å². The molecule has 1 saturated heterocycles. The molecule has 0 aromatic heterocycles. The third kappa shape index (κ3) is 1.30. The molecule has 0 aromatic carbocycles. The molecule has 1 aliphatic heterocycles. The summed E-state index contributed by atoms with van der Waals surface area (Å²) >= 11 is 0. The zero-order chi connectivity index (χ0) is 7.73. The van der Waals surface area contributed by atoms with Crippen LogP contribution in [0.15, 0.2) is 0 Å². The molecular formula is C9H16O2. The average molecular weight is 156 g/mol. The van der Waals surface area contributed by atoms with Crippen LogP contribution in [0.4, 0.5) is 0 Å². The van der Waals surface area contributed by atoms with Crippen molar-refractivity contribution >= 4 is 0 Å². The Labute approximate surface area is 67.6 Å². The molecule has 0 bridgehead atoms. The van der Waals surface area contributed by atoms with E-state index in [4.69, 9.17) is 9.84 Å². The van der Waals surface area contributed by atoms with Gasteiger partial charge in [0, 0.05) is 5.41 Å². The smallest absolute Gasteiger partial charge is 0.0567 e. The number of aliphatic hydroxyl groups is 1. The molecule has 0 radical (unpaired) electrons. The van der Waals surface area contributed by atoms with Gasteiger partial charge in [0.25, 0.3) is 0 Å². The summed E-state index contributed by atoms with van der Waals surface area (Å²) in [6.07, 6.45) is 5.35. The lowest BCUT2D eigenvalue weighted by molar-refractivity contribution is -0.151. The Balaban J connectivity index is 1.81. The van der Waals surface area contributed by atoms with Crippen LogP contribution in [0.2, 0.25) is 0 Å². The molecule has 0 amide bonds. The molecule has 64 valence electrons. The summed E-state index contributed by atoms with van der Waals surface area (Å²) < 4.78 is 5.14. The van der Waals surface area contributed by atoms with Crippen molar-refractivity contribution in [3.05, 3.63) is 0 Å². The van der Waals surface area contributed by atoms with Gasteiger partial charge in [0.1, 0.15) is 0 Å². The van der Waals surface area contributed by atoms with E-state index in [9.17, 15) is 0 Å². The van der Waals surface area contributed by atoms with Gasteiger partial charge in [0.2, 0.25) is 0 Å². The minimum atomic E-state index is 0.172. The van der Waals surface area contributed by atoms with E-state index in [1.54, 1.807) is 0 Å². The fraction of sp³-hybridized carbons (Fsp3) is 1.00. The second kappa shape index (κ2) is 2.76. The summed E-state index contributed by atoms with van der Waals surface area (Å²) in [7, 11) is 0. The summed E-state index contributed by atoms with van der Waals surface area (Å²) in [4.78, 5) is 0. The fourth-order valence-electron chi connectivity index (χ4n) is 1.97. The van der Waals surface area contributed by atoms with Crippen LogP contribution < -0.4 is 0 Å². The Morgan fingerprint density at radius 2 is 2.09 bits per heavy atom.